The largest absolute Gasteiger partial charge is 0.385 e. The van der Waals surface area contributed by atoms with Crippen molar-refractivity contribution >= 4 is 0 Å². The van der Waals surface area contributed by atoms with E-state index in [4.69, 9.17) is 9.47 Å². The SMILES string of the molecule is CC1CCN(C2CC2)CC1.CC1CN(C2CC2)C1.CC1COC1.CCC1CCCN1CC.CCCCOC.CCN1CCC[C@@H](C)C1.CCN1CC[C@@H](C)C1. The summed E-state index contributed by atoms with van der Waals surface area (Å²) >= 11 is 0. The quantitative estimate of drug-likeness (QED) is 0.216. The summed E-state index contributed by atoms with van der Waals surface area (Å²) in [6.45, 7) is 41.6. The van der Waals surface area contributed by atoms with Crippen molar-refractivity contribution in [3.63, 3.8) is 0 Å². The maximum atomic E-state index is 4.83. The van der Waals surface area contributed by atoms with Gasteiger partial charge in [-0.1, -0.05) is 75.7 Å². The highest BCUT2D eigenvalue weighted by atomic mass is 16.5. The molecular weight excluding hydrogens is 679 g/mol. The monoisotopic (exact) mass is 778 g/mol. The molecule has 55 heavy (non-hydrogen) atoms. The molecule has 6 heterocycles. The van der Waals surface area contributed by atoms with Gasteiger partial charge in [0, 0.05) is 63.9 Å². The lowest BCUT2D eigenvalue weighted by Crippen LogP contribution is -2.46. The first-order valence-corrected chi connectivity index (χ1v) is 24.3. The van der Waals surface area contributed by atoms with Crippen molar-refractivity contribution in [1.82, 2.24) is 24.5 Å². The Morgan fingerprint density at radius 2 is 1.04 bits per heavy atom. The fraction of sp³-hybridized carbons (Fsp3) is 1.00. The number of methoxy groups -OCH3 is 1. The summed E-state index contributed by atoms with van der Waals surface area (Å²) in [6, 6.07) is 2.94. The zero-order valence-electron chi connectivity index (χ0n) is 39.2. The van der Waals surface area contributed by atoms with Crippen molar-refractivity contribution in [3.05, 3.63) is 0 Å². The summed E-state index contributed by atoms with van der Waals surface area (Å²) in [7, 11) is 1.73. The van der Waals surface area contributed by atoms with Crippen LogP contribution in [0.2, 0.25) is 0 Å². The van der Waals surface area contributed by atoms with E-state index in [1.807, 2.05) is 0 Å². The molecule has 0 aromatic heterocycles. The van der Waals surface area contributed by atoms with Gasteiger partial charge >= 0.3 is 0 Å². The third-order valence-corrected chi connectivity index (χ3v) is 13.1. The highest BCUT2D eigenvalue weighted by Crippen LogP contribution is 2.32. The van der Waals surface area contributed by atoms with Gasteiger partial charge in [-0.05, 0) is 160 Å². The second-order valence-electron chi connectivity index (χ2n) is 19.0. The van der Waals surface area contributed by atoms with Crippen LogP contribution >= 0.6 is 0 Å². The molecule has 0 aromatic carbocycles. The summed E-state index contributed by atoms with van der Waals surface area (Å²) < 4.78 is 9.62. The Balaban J connectivity index is 0.000000224. The number of hydrogen-bond acceptors (Lipinski definition) is 7. The lowest BCUT2D eigenvalue weighted by molar-refractivity contribution is -0.0221. The molecule has 328 valence electrons. The lowest BCUT2D eigenvalue weighted by atomic mass is 9.99. The van der Waals surface area contributed by atoms with Crippen molar-refractivity contribution in [2.75, 3.05) is 105 Å². The van der Waals surface area contributed by atoms with Crippen molar-refractivity contribution < 1.29 is 9.47 Å². The Hall–Kier alpha value is -0.280. The van der Waals surface area contributed by atoms with Crippen LogP contribution in [0, 0.1) is 29.6 Å². The second-order valence-corrected chi connectivity index (χ2v) is 19.0. The highest BCUT2D eigenvalue weighted by Gasteiger charge is 2.35. The van der Waals surface area contributed by atoms with Gasteiger partial charge in [-0.2, -0.15) is 0 Å². The molecular formula is C48H99N5O2. The number of nitrogens with zero attached hydrogens (tertiary/aromatic N) is 5. The number of likely N-dealkylation sites (tertiary alicyclic amines) is 5. The van der Waals surface area contributed by atoms with E-state index in [2.05, 4.69) is 93.7 Å². The molecule has 3 atom stereocenters. The third-order valence-electron chi connectivity index (χ3n) is 13.1. The Labute approximate surface area is 345 Å². The Morgan fingerprint density at radius 1 is 0.509 bits per heavy atom. The van der Waals surface area contributed by atoms with Crippen LogP contribution in [0.25, 0.3) is 0 Å². The fourth-order valence-corrected chi connectivity index (χ4v) is 8.62. The van der Waals surface area contributed by atoms with Crippen LogP contribution in [0.4, 0.5) is 0 Å². The number of hydrogen-bond donors (Lipinski definition) is 0. The molecule has 1 unspecified atom stereocenters. The molecule has 8 rings (SSSR count). The average molecular weight is 778 g/mol. The molecule has 8 fully saturated rings. The van der Waals surface area contributed by atoms with E-state index >= 15 is 0 Å². The molecule has 2 aliphatic carbocycles. The zero-order chi connectivity index (χ0) is 40.4. The van der Waals surface area contributed by atoms with E-state index in [1.54, 1.807) is 7.11 Å². The van der Waals surface area contributed by atoms with Crippen LogP contribution in [0.1, 0.15) is 159 Å². The van der Waals surface area contributed by atoms with Crippen molar-refractivity contribution in [1.29, 1.82) is 0 Å². The molecule has 6 aliphatic heterocycles. The standard InChI is InChI=1S/C9H17N.2C8H17N.C7H13N.C7H15N.C5H12O.C4H8O/c1-8-4-6-10(7-5-8)9-2-3-9;1-3-9-6-4-5-8(2)7-9;1-3-8-6-5-7-9(8)4-2;1-6-4-8(5-6)7-2-3-7;1-3-8-5-4-7(2)6-8;1-3-4-5-6-2;1-4-2-5-3-4/h8-9H,2-7H2,1H3;2*8H,3-7H2,1-2H3;6-7H,2-5H2,1H3;7H,3-6H2,1-2H3;3-5H2,1-2H3;4H,2-3H2,1H3/t;8-;;;7-;;/m.1..1../s1. The Bertz CT molecular complexity index is 854. The average Bonchev–Trinajstić information content (AvgIpc) is 4.12. The maximum absolute atomic E-state index is 4.83. The number of rotatable bonds is 9. The predicted octanol–water partition coefficient (Wildman–Crippen LogP) is 10.0. The molecule has 7 nitrogen and oxygen atoms in total. The van der Waals surface area contributed by atoms with Crippen molar-refractivity contribution in [2.45, 2.75) is 177 Å². The fourth-order valence-electron chi connectivity index (χ4n) is 8.62. The second kappa shape index (κ2) is 30.7. The molecule has 0 aromatic rings. The molecule has 0 spiro atoms. The zero-order valence-corrected chi connectivity index (χ0v) is 39.2. The van der Waals surface area contributed by atoms with Gasteiger partial charge in [0.1, 0.15) is 0 Å². The first-order valence-electron chi connectivity index (χ1n) is 24.3. The summed E-state index contributed by atoms with van der Waals surface area (Å²) in [5.41, 5.74) is 0. The lowest BCUT2D eigenvalue weighted by Gasteiger charge is -2.37. The normalized spacial score (nSPS) is 28.1. The first kappa shape index (κ1) is 50.9. The van der Waals surface area contributed by atoms with Gasteiger partial charge in [0.2, 0.25) is 0 Å². The van der Waals surface area contributed by atoms with E-state index in [-0.39, 0.29) is 0 Å². The molecule has 0 amide bonds. The van der Waals surface area contributed by atoms with Gasteiger partial charge in [0.05, 0.1) is 13.2 Å². The molecule has 2 saturated carbocycles. The molecule has 0 bridgehead atoms. The molecule has 8 aliphatic rings. The Kier molecular flexibility index (Phi) is 28.4. The predicted molar refractivity (Wildman–Crippen MR) is 240 cm³/mol. The molecule has 0 radical (unpaired) electrons. The van der Waals surface area contributed by atoms with Crippen LogP contribution in [-0.2, 0) is 9.47 Å². The topological polar surface area (TPSA) is 34.7 Å². The van der Waals surface area contributed by atoms with Crippen LogP contribution in [0.3, 0.4) is 0 Å². The highest BCUT2D eigenvalue weighted by molar-refractivity contribution is 4.91. The van der Waals surface area contributed by atoms with Crippen LogP contribution < -0.4 is 0 Å². The summed E-state index contributed by atoms with van der Waals surface area (Å²) in [4.78, 5) is 12.9. The number of unbranched alkanes of at least 4 members (excludes halogenated alkanes) is 1. The summed E-state index contributed by atoms with van der Waals surface area (Å²) in [5, 5.41) is 0. The van der Waals surface area contributed by atoms with Crippen molar-refractivity contribution in [3.8, 4) is 0 Å². The van der Waals surface area contributed by atoms with E-state index in [0.717, 1.165) is 67.5 Å². The van der Waals surface area contributed by atoms with E-state index in [1.165, 1.54) is 168 Å². The molecule has 6 saturated heterocycles. The minimum Gasteiger partial charge on any atom is -0.385 e. The Morgan fingerprint density at radius 3 is 1.36 bits per heavy atom. The molecule has 0 N–H and O–H groups in total. The van der Waals surface area contributed by atoms with E-state index in [9.17, 15) is 0 Å². The van der Waals surface area contributed by atoms with Crippen LogP contribution in [0.5, 0.6) is 0 Å². The van der Waals surface area contributed by atoms with Crippen LogP contribution in [-0.4, -0.2) is 148 Å². The van der Waals surface area contributed by atoms with Gasteiger partial charge in [0.15, 0.2) is 0 Å². The summed E-state index contributed by atoms with van der Waals surface area (Å²) in [5.74, 6) is 4.73. The van der Waals surface area contributed by atoms with Crippen molar-refractivity contribution in [2.24, 2.45) is 29.6 Å². The maximum Gasteiger partial charge on any atom is 0.0513 e. The number of piperidine rings is 2. The van der Waals surface area contributed by atoms with Gasteiger partial charge in [-0.3, -0.25) is 4.90 Å². The minimum atomic E-state index is 0.843. The first-order chi connectivity index (χ1) is 26.6. The van der Waals surface area contributed by atoms with E-state index < -0.39 is 0 Å². The van der Waals surface area contributed by atoms with Gasteiger partial charge in [-0.25, -0.2) is 0 Å². The smallest absolute Gasteiger partial charge is 0.0513 e. The summed E-state index contributed by atoms with van der Waals surface area (Å²) in [6.07, 6.45) is 19.7. The molecule has 7 heteroatoms. The van der Waals surface area contributed by atoms with E-state index in [0.29, 0.717) is 0 Å². The van der Waals surface area contributed by atoms with Gasteiger partial charge in [-0.15, -0.1) is 0 Å². The minimum absolute atomic E-state index is 0.843. The van der Waals surface area contributed by atoms with Gasteiger partial charge in [0.25, 0.3) is 0 Å². The van der Waals surface area contributed by atoms with Crippen LogP contribution in [0.15, 0.2) is 0 Å². The van der Waals surface area contributed by atoms with Gasteiger partial charge < -0.3 is 29.1 Å². The number of ether oxygens (including phenoxy) is 2. The third kappa shape index (κ3) is 23.8.